The maximum atomic E-state index is 12.5. The Labute approximate surface area is 121 Å². The molecule has 0 radical (unpaired) electrons. The predicted molar refractivity (Wildman–Crippen MR) is 80.5 cm³/mol. The van der Waals surface area contributed by atoms with Crippen LogP contribution in [0.15, 0.2) is 24.3 Å². The highest BCUT2D eigenvalue weighted by atomic mass is 127. The van der Waals surface area contributed by atoms with Crippen molar-refractivity contribution in [1.82, 2.24) is 4.90 Å². The topological polar surface area (TPSA) is 32.3 Å². The molecular weight excluding hydrogens is 339 g/mol. The Hall–Kier alpha value is -0.620. The molecule has 0 saturated carbocycles. The number of hydrogen-bond acceptors (Lipinski definition) is 2. The number of benzene rings is 1. The van der Waals surface area contributed by atoms with Gasteiger partial charge in [-0.2, -0.15) is 0 Å². The number of piperidine rings is 3. The molecule has 3 aliphatic heterocycles. The van der Waals surface area contributed by atoms with E-state index in [0.717, 1.165) is 44.6 Å². The van der Waals surface area contributed by atoms with Crippen LogP contribution < -0.4 is 5.32 Å². The van der Waals surface area contributed by atoms with Crippen LogP contribution in [0.2, 0.25) is 0 Å². The summed E-state index contributed by atoms with van der Waals surface area (Å²) in [6.07, 6.45) is 3.05. The number of carbonyl (C=O) groups is 1. The number of rotatable bonds is 2. The lowest BCUT2D eigenvalue weighted by Crippen LogP contribution is -2.53. The van der Waals surface area contributed by atoms with E-state index in [4.69, 9.17) is 0 Å². The summed E-state index contributed by atoms with van der Waals surface area (Å²) in [5.41, 5.74) is 0.820. The summed E-state index contributed by atoms with van der Waals surface area (Å²) >= 11 is 2.27. The third kappa shape index (κ3) is 2.28. The van der Waals surface area contributed by atoms with Crippen molar-refractivity contribution in [2.24, 2.45) is 5.41 Å². The van der Waals surface area contributed by atoms with E-state index in [2.05, 4.69) is 32.8 Å². The second kappa shape index (κ2) is 4.81. The summed E-state index contributed by atoms with van der Waals surface area (Å²) in [5, 5.41) is 3.09. The first-order valence-electron chi connectivity index (χ1n) is 6.47. The van der Waals surface area contributed by atoms with Crippen LogP contribution in [0.25, 0.3) is 0 Å². The summed E-state index contributed by atoms with van der Waals surface area (Å²) in [7, 11) is 0. The maximum absolute atomic E-state index is 12.5. The van der Waals surface area contributed by atoms with Gasteiger partial charge in [0, 0.05) is 9.26 Å². The van der Waals surface area contributed by atoms with Gasteiger partial charge in [-0.3, -0.25) is 4.79 Å². The van der Waals surface area contributed by atoms with Crippen molar-refractivity contribution in [1.29, 1.82) is 0 Å². The quantitative estimate of drug-likeness (QED) is 0.827. The smallest absolute Gasteiger partial charge is 0.230 e. The van der Waals surface area contributed by atoms with Crippen LogP contribution in [-0.2, 0) is 4.79 Å². The summed E-state index contributed by atoms with van der Waals surface area (Å²) in [6.45, 7) is 3.25. The Morgan fingerprint density at radius 3 is 2.22 bits per heavy atom. The summed E-state index contributed by atoms with van der Waals surface area (Å²) in [4.78, 5) is 15.0. The van der Waals surface area contributed by atoms with Crippen LogP contribution in [0.5, 0.6) is 0 Å². The van der Waals surface area contributed by atoms with Crippen LogP contribution in [0, 0.1) is 8.99 Å². The van der Waals surface area contributed by atoms with Crippen LogP contribution in [-0.4, -0.2) is 30.4 Å². The molecule has 0 atom stereocenters. The number of nitrogens with one attached hydrogen (secondary N) is 1. The maximum Gasteiger partial charge on any atom is 0.230 e. The number of amides is 1. The third-order valence-electron chi connectivity index (χ3n) is 4.30. The Balaban J connectivity index is 1.72. The van der Waals surface area contributed by atoms with Gasteiger partial charge in [-0.25, -0.2) is 0 Å². The van der Waals surface area contributed by atoms with Crippen molar-refractivity contribution in [3.8, 4) is 0 Å². The van der Waals surface area contributed by atoms with Gasteiger partial charge in [-0.1, -0.05) is 0 Å². The molecule has 18 heavy (non-hydrogen) atoms. The molecular formula is C14H17IN2O. The van der Waals surface area contributed by atoms with E-state index in [9.17, 15) is 4.79 Å². The van der Waals surface area contributed by atoms with Gasteiger partial charge in [0.2, 0.25) is 5.91 Å². The van der Waals surface area contributed by atoms with Crippen molar-refractivity contribution >= 4 is 34.2 Å². The highest BCUT2D eigenvalue weighted by Crippen LogP contribution is 2.40. The molecule has 0 spiro atoms. The molecule has 3 nitrogen and oxygen atoms in total. The first-order chi connectivity index (χ1) is 8.68. The van der Waals surface area contributed by atoms with E-state index < -0.39 is 0 Å². The highest BCUT2D eigenvalue weighted by Gasteiger charge is 2.44. The van der Waals surface area contributed by atoms with Crippen molar-refractivity contribution in [3.05, 3.63) is 27.8 Å². The van der Waals surface area contributed by atoms with E-state index in [-0.39, 0.29) is 11.3 Å². The average molecular weight is 356 g/mol. The molecule has 4 heteroatoms. The molecule has 1 N–H and O–H groups in total. The standard InChI is InChI=1S/C14H17IN2O/c15-11-1-3-12(4-2-11)16-13(18)14-5-8-17(9-6-14)10-7-14/h1-4H,5-10H2,(H,16,18). The number of anilines is 1. The van der Waals surface area contributed by atoms with Crippen LogP contribution in [0.1, 0.15) is 19.3 Å². The van der Waals surface area contributed by atoms with Crippen LogP contribution in [0.3, 0.4) is 0 Å². The second-order valence-corrected chi connectivity index (χ2v) is 6.58. The fourth-order valence-corrected chi connectivity index (χ4v) is 3.32. The van der Waals surface area contributed by atoms with E-state index in [1.54, 1.807) is 0 Å². The van der Waals surface area contributed by atoms with Gasteiger partial charge in [0.1, 0.15) is 0 Å². The Bertz CT molecular complexity index is 436. The predicted octanol–water partition coefficient (Wildman–Crippen LogP) is 2.72. The normalized spacial score (nSPS) is 30.2. The molecule has 0 aromatic heterocycles. The molecule has 3 heterocycles. The Morgan fingerprint density at radius 2 is 1.67 bits per heavy atom. The van der Waals surface area contributed by atoms with Gasteiger partial charge in [0.25, 0.3) is 0 Å². The Morgan fingerprint density at radius 1 is 1.11 bits per heavy atom. The van der Waals surface area contributed by atoms with Gasteiger partial charge >= 0.3 is 0 Å². The number of nitrogens with zero attached hydrogens (tertiary/aromatic N) is 1. The second-order valence-electron chi connectivity index (χ2n) is 5.33. The molecule has 96 valence electrons. The first kappa shape index (κ1) is 12.4. The molecule has 1 aromatic rings. The summed E-state index contributed by atoms with van der Waals surface area (Å²) in [6, 6.07) is 8.01. The number of fused-ring (bicyclic) bond motifs is 3. The van der Waals surface area contributed by atoms with E-state index in [1.165, 1.54) is 3.57 Å². The number of carbonyl (C=O) groups excluding carboxylic acids is 1. The monoisotopic (exact) mass is 356 g/mol. The SMILES string of the molecule is O=C(Nc1ccc(I)cc1)C12CCN(CC1)CC2. The third-order valence-corrected chi connectivity index (χ3v) is 5.02. The molecule has 2 bridgehead atoms. The lowest BCUT2D eigenvalue weighted by atomic mass is 9.71. The number of halogens is 1. The molecule has 0 unspecified atom stereocenters. The van der Waals surface area contributed by atoms with Gasteiger partial charge in [-0.05, 0) is 85.8 Å². The van der Waals surface area contributed by atoms with E-state index >= 15 is 0 Å². The minimum absolute atomic E-state index is 0.0995. The van der Waals surface area contributed by atoms with Crippen LogP contribution in [0.4, 0.5) is 5.69 Å². The van der Waals surface area contributed by atoms with E-state index in [0.29, 0.717) is 0 Å². The van der Waals surface area contributed by atoms with Gasteiger partial charge < -0.3 is 10.2 Å². The molecule has 3 saturated heterocycles. The minimum Gasteiger partial charge on any atom is -0.326 e. The summed E-state index contributed by atoms with van der Waals surface area (Å²) in [5.74, 6) is 0.225. The van der Waals surface area contributed by atoms with Crippen LogP contribution >= 0.6 is 22.6 Å². The molecule has 1 amide bonds. The average Bonchev–Trinajstić information content (AvgIpc) is 2.43. The zero-order valence-corrected chi connectivity index (χ0v) is 12.4. The van der Waals surface area contributed by atoms with E-state index in [1.807, 2.05) is 24.3 Å². The molecule has 4 rings (SSSR count). The fourth-order valence-electron chi connectivity index (χ4n) is 2.96. The molecule has 3 aliphatic rings. The fraction of sp³-hybridized carbons (Fsp3) is 0.500. The molecule has 3 fully saturated rings. The van der Waals surface area contributed by atoms with Crippen molar-refractivity contribution in [3.63, 3.8) is 0 Å². The van der Waals surface area contributed by atoms with Gasteiger partial charge in [0.05, 0.1) is 5.41 Å². The van der Waals surface area contributed by atoms with Gasteiger partial charge in [-0.15, -0.1) is 0 Å². The minimum atomic E-state index is -0.0995. The lowest BCUT2D eigenvalue weighted by Gasteiger charge is -2.47. The Kier molecular flexibility index (Phi) is 3.32. The molecule has 1 aromatic carbocycles. The highest BCUT2D eigenvalue weighted by molar-refractivity contribution is 14.1. The summed E-state index contributed by atoms with van der Waals surface area (Å²) < 4.78 is 1.19. The zero-order valence-electron chi connectivity index (χ0n) is 10.3. The van der Waals surface area contributed by atoms with Crippen molar-refractivity contribution in [2.45, 2.75) is 19.3 Å². The number of hydrogen-bond donors (Lipinski definition) is 1. The lowest BCUT2D eigenvalue weighted by molar-refractivity contribution is -0.132. The first-order valence-corrected chi connectivity index (χ1v) is 7.55. The van der Waals surface area contributed by atoms with Crippen molar-refractivity contribution < 1.29 is 4.79 Å². The van der Waals surface area contributed by atoms with Crippen molar-refractivity contribution in [2.75, 3.05) is 25.0 Å². The largest absolute Gasteiger partial charge is 0.326 e. The molecule has 0 aliphatic carbocycles. The van der Waals surface area contributed by atoms with Gasteiger partial charge in [0.15, 0.2) is 0 Å². The zero-order chi connectivity index (χ0) is 12.6.